The zero-order chi connectivity index (χ0) is 24.2. The number of nitrogens with one attached hydrogen (secondary N) is 1. The summed E-state index contributed by atoms with van der Waals surface area (Å²) in [5.74, 6) is 1.45. The van der Waals surface area contributed by atoms with Gasteiger partial charge < -0.3 is 29.3 Å². The lowest BCUT2D eigenvalue weighted by Crippen LogP contribution is -2.41. The zero-order valence-corrected chi connectivity index (χ0v) is 19.4. The number of rotatable bonds is 5. The van der Waals surface area contributed by atoms with Crippen molar-refractivity contribution in [3.05, 3.63) is 65.6 Å². The molecular formula is C25H26FN5O4. The molecular weight excluding hydrogens is 453 g/mol. The maximum atomic E-state index is 13.8. The monoisotopic (exact) mass is 479 g/mol. The molecule has 2 aliphatic rings. The van der Waals surface area contributed by atoms with Crippen LogP contribution in [0.15, 0.2) is 48.5 Å². The second kappa shape index (κ2) is 10.1. The number of carbonyl (C=O) groups is 1. The van der Waals surface area contributed by atoms with E-state index < -0.39 is 5.82 Å². The van der Waals surface area contributed by atoms with E-state index in [1.54, 1.807) is 36.3 Å². The highest BCUT2D eigenvalue weighted by Gasteiger charge is 2.28. The second-order valence-electron chi connectivity index (χ2n) is 8.25. The van der Waals surface area contributed by atoms with Crippen LogP contribution in [-0.4, -0.2) is 60.9 Å². The van der Waals surface area contributed by atoms with Crippen molar-refractivity contribution >= 4 is 17.7 Å². The van der Waals surface area contributed by atoms with E-state index in [4.69, 9.17) is 19.2 Å². The fourth-order valence-corrected chi connectivity index (χ4v) is 4.08. The SMILES string of the molecule is COc1cccc(NC(=O)N2CCc3nc(N4CCOCC4)nc(Oc4cccc(F)c4)c3C2)c1. The summed E-state index contributed by atoms with van der Waals surface area (Å²) >= 11 is 0. The summed E-state index contributed by atoms with van der Waals surface area (Å²) in [6, 6.07) is 12.8. The number of aromatic nitrogens is 2. The number of methoxy groups -OCH3 is 1. The predicted octanol–water partition coefficient (Wildman–Crippen LogP) is 3.84. The maximum absolute atomic E-state index is 13.8. The fraction of sp³-hybridized carbons (Fsp3) is 0.320. The van der Waals surface area contributed by atoms with Crippen LogP contribution in [-0.2, 0) is 17.7 Å². The first-order valence-electron chi connectivity index (χ1n) is 11.4. The fourth-order valence-electron chi connectivity index (χ4n) is 4.08. The number of amides is 2. The van der Waals surface area contributed by atoms with Gasteiger partial charge in [0.2, 0.25) is 11.8 Å². The van der Waals surface area contributed by atoms with Crippen molar-refractivity contribution in [2.45, 2.75) is 13.0 Å². The molecule has 1 saturated heterocycles. The topological polar surface area (TPSA) is 89.1 Å². The van der Waals surface area contributed by atoms with Gasteiger partial charge in [0.15, 0.2) is 0 Å². The molecule has 0 spiro atoms. The first-order chi connectivity index (χ1) is 17.1. The van der Waals surface area contributed by atoms with Crippen LogP contribution in [0, 0.1) is 5.82 Å². The van der Waals surface area contributed by atoms with E-state index in [0.717, 1.165) is 5.69 Å². The van der Waals surface area contributed by atoms with E-state index in [1.807, 2.05) is 17.0 Å². The number of nitrogens with zero attached hydrogens (tertiary/aromatic N) is 4. The van der Waals surface area contributed by atoms with Crippen LogP contribution in [0.5, 0.6) is 17.4 Å². The van der Waals surface area contributed by atoms with E-state index in [-0.39, 0.29) is 12.6 Å². The Morgan fingerprint density at radius 3 is 2.66 bits per heavy atom. The van der Waals surface area contributed by atoms with Crippen LogP contribution in [0.4, 0.5) is 20.8 Å². The third kappa shape index (κ3) is 5.27. The Morgan fingerprint density at radius 2 is 1.86 bits per heavy atom. The van der Waals surface area contributed by atoms with Crippen LogP contribution in [0.2, 0.25) is 0 Å². The van der Waals surface area contributed by atoms with Gasteiger partial charge in [-0.2, -0.15) is 4.98 Å². The summed E-state index contributed by atoms with van der Waals surface area (Å²) in [5, 5.41) is 2.91. The Balaban J connectivity index is 1.42. The quantitative estimate of drug-likeness (QED) is 0.595. The van der Waals surface area contributed by atoms with Gasteiger partial charge in [0.1, 0.15) is 17.3 Å². The zero-order valence-electron chi connectivity index (χ0n) is 19.4. The molecule has 1 N–H and O–H groups in total. The number of hydrogen-bond acceptors (Lipinski definition) is 7. The van der Waals surface area contributed by atoms with Gasteiger partial charge in [-0.3, -0.25) is 0 Å². The number of carbonyl (C=O) groups excluding carboxylic acids is 1. The van der Waals surface area contributed by atoms with Crippen LogP contribution < -0.4 is 19.7 Å². The van der Waals surface area contributed by atoms with Gasteiger partial charge in [-0.15, -0.1) is 0 Å². The highest BCUT2D eigenvalue weighted by molar-refractivity contribution is 5.89. The van der Waals surface area contributed by atoms with E-state index in [9.17, 15) is 9.18 Å². The maximum Gasteiger partial charge on any atom is 0.322 e. The summed E-state index contributed by atoms with van der Waals surface area (Å²) in [4.78, 5) is 26.2. The first kappa shape index (κ1) is 22.9. The molecule has 0 atom stereocenters. The molecule has 0 radical (unpaired) electrons. The third-order valence-corrected chi connectivity index (χ3v) is 5.92. The Kier molecular flexibility index (Phi) is 6.62. The van der Waals surface area contributed by atoms with Crippen LogP contribution in [0.1, 0.15) is 11.3 Å². The standard InChI is InChI=1S/C25H26FN5O4/c1-33-19-6-3-5-18(15-19)27-25(32)31-9-8-22-21(16-31)23(35-20-7-2-4-17(26)14-20)29-24(28-22)30-10-12-34-13-11-30/h2-7,14-15H,8-13,16H2,1H3,(H,27,32). The van der Waals surface area contributed by atoms with Crippen molar-refractivity contribution in [1.29, 1.82) is 0 Å². The number of halogens is 1. The molecule has 1 aromatic heterocycles. The smallest absolute Gasteiger partial charge is 0.322 e. The summed E-state index contributed by atoms with van der Waals surface area (Å²) < 4.78 is 30.5. The van der Waals surface area contributed by atoms with Crippen LogP contribution in [0.3, 0.4) is 0 Å². The van der Waals surface area contributed by atoms with Gasteiger partial charge in [0.25, 0.3) is 0 Å². The number of ether oxygens (including phenoxy) is 3. The average molecular weight is 480 g/mol. The van der Waals surface area contributed by atoms with Crippen LogP contribution in [0.25, 0.3) is 0 Å². The molecule has 35 heavy (non-hydrogen) atoms. The van der Waals surface area contributed by atoms with Crippen molar-refractivity contribution < 1.29 is 23.4 Å². The van der Waals surface area contributed by atoms with Crippen LogP contribution >= 0.6 is 0 Å². The van der Waals surface area contributed by atoms with Gasteiger partial charge in [0, 0.05) is 43.9 Å². The highest BCUT2D eigenvalue weighted by Crippen LogP contribution is 2.32. The van der Waals surface area contributed by atoms with Crippen molar-refractivity contribution in [1.82, 2.24) is 14.9 Å². The minimum Gasteiger partial charge on any atom is -0.497 e. The average Bonchev–Trinajstić information content (AvgIpc) is 2.89. The lowest BCUT2D eigenvalue weighted by atomic mass is 10.1. The Hall–Kier alpha value is -3.92. The highest BCUT2D eigenvalue weighted by atomic mass is 19.1. The molecule has 9 nitrogen and oxygen atoms in total. The number of urea groups is 1. The van der Waals surface area contributed by atoms with Crippen molar-refractivity contribution in [2.24, 2.45) is 0 Å². The first-order valence-corrected chi connectivity index (χ1v) is 11.4. The van der Waals surface area contributed by atoms with Gasteiger partial charge in [0.05, 0.1) is 38.1 Å². The second-order valence-corrected chi connectivity index (χ2v) is 8.25. The summed E-state index contributed by atoms with van der Waals surface area (Å²) in [5.41, 5.74) is 2.16. The Morgan fingerprint density at radius 1 is 1.06 bits per heavy atom. The molecule has 5 rings (SSSR count). The summed E-state index contributed by atoms with van der Waals surface area (Å²) in [6.45, 7) is 3.29. The number of morpholine rings is 1. The lowest BCUT2D eigenvalue weighted by molar-refractivity contribution is 0.122. The number of benzene rings is 2. The number of hydrogen-bond donors (Lipinski definition) is 1. The molecule has 1 fully saturated rings. The lowest BCUT2D eigenvalue weighted by Gasteiger charge is -2.32. The number of fused-ring (bicyclic) bond motifs is 1. The van der Waals surface area contributed by atoms with Gasteiger partial charge in [-0.1, -0.05) is 12.1 Å². The Bertz CT molecular complexity index is 1220. The van der Waals surface area contributed by atoms with Gasteiger partial charge in [-0.05, 0) is 24.3 Å². The summed E-state index contributed by atoms with van der Waals surface area (Å²) in [7, 11) is 1.58. The summed E-state index contributed by atoms with van der Waals surface area (Å²) in [6.07, 6.45) is 0.542. The van der Waals surface area contributed by atoms with E-state index >= 15 is 0 Å². The normalized spacial score (nSPS) is 15.4. The van der Waals surface area contributed by atoms with E-state index in [1.165, 1.54) is 12.1 Å². The third-order valence-electron chi connectivity index (χ3n) is 5.92. The molecule has 0 unspecified atom stereocenters. The molecule has 3 aromatic rings. The van der Waals surface area contributed by atoms with E-state index in [0.29, 0.717) is 73.8 Å². The molecule has 0 saturated carbocycles. The minimum atomic E-state index is -0.405. The van der Waals surface area contributed by atoms with Crippen molar-refractivity contribution in [3.8, 4) is 17.4 Å². The molecule has 182 valence electrons. The van der Waals surface area contributed by atoms with Crippen molar-refractivity contribution in [2.75, 3.05) is 50.2 Å². The molecule has 3 heterocycles. The molecule has 10 heteroatoms. The molecule has 0 bridgehead atoms. The molecule has 2 aromatic carbocycles. The predicted molar refractivity (Wildman–Crippen MR) is 128 cm³/mol. The minimum absolute atomic E-state index is 0.252. The molecule has 2 amide bonds. The van der Waals surface area contributed by atoms with Gasteiger partial charge in [-0.25, -0.2) is 14.2 Å². The van der Waals surface area contributed by atoms with E-state index in [2.05, 4.69) is 10.3 Å². The number of anilines is 2. The Labute approximate surface area is 202 Å². The van der Waals surface area contributed by atoms with Crippen molar-refractivity contribution in [3.63, 3.8) is 0 Å². The molecule has 0 aliphatic carbocycles. The molecule has 2 aliphatic heterocycles. The largest absolute Gasteiger partial charge is 0.497 e. The van der Waals surface area contributed by atoms with Gasteiger partial charge >= 0.3 is 6.03 Å².